The summed E-state index contributed by atoms with van der Waals surface area (Å²) in [4.78, 5) is 15.5. The van der Waals surface area contributed by atoms with Crippen LogP contribution in [0, 0.1) is 0 Å². The van der Waals surface area contributed by atoms with E-state index in [1.165, 1.54) is 10.8 Å². The van der Waals surface area contributed by atoms with E-state index in [2.05, 4.69) is 100 Å². The number of hydrogen-bond donors (Lipinski definition) is 0. The minimum atomic E-state index is 0.525. The summed E-state index contributed by atoms with van der Waals surface area (Å²) in [6, 6.07) is 56.7. The van der Waals surface area contributed by atoms with Gasteiger partial charge in [0.05, 0.1) is 16.6 Å². The lowest BCUT2D eigenvalue weighted by atomic mass is 10.1. The molecule has 0 bridgehead atoms. The Morgan fingerprint density at radius 3 is 1.69 bits per heavy atom. The third-order valence-electron chi connectivity index (χ3n) is 9.97. The van der Waals surface area contributed by atoms with Gasteiger partial charge in [-0.2, -0.15) is 9.97 Å². The third kappa shape index (κ3) is 4.14. The van der Waals surface area contributed by atoms with E-state index in [0.29, 0.717) is 17.6 Å². The molecule has 6 heteroatoms. The molecule has 0 aliphatic heterocycles. The molecular weight excluding hydrogens is 627 g/mol. The van der Waals surface area contributed by atoms with Crippen LogP contribution in [0.5, 0.6) is 0 Å². The fourth-order valence-electron chi connectivity index (χ4n) is 7.70. The minimum Gasteiger partial charge on any atom is -0.454 e. The molecule has 0 fully saturated rings. The molecule has 0 amide bonds. The number of fused-ring (bicyclic) bond motifs is 10. The van der Waals surface area contributed by atoms with Gasteiger partial charge >= 0.3 is 0 Å². The summed E-state index contributed by atoms with van der Waals surface area (Å²) in [5.74, 6) is 1.73. The highest BCUT2D eigenvalue weighted by Gasteiger charge is 2.24. The molecule has 0 aliphatic carbocycles. The molecule has 11 rings (SSSR count). The molecular formula is C45H27N5O. The van der Waals surface area contributed by atoms with Gasteiger partial charge in [-0.1, -0.05) is 121 Å². The van der Waals surface area contributed by atoms with Crippen LogP contribution in [0.15, 0.2) is 168 Å². The lowest BCUT2D eigenvalue weighted by Crippen LogP contribution is -2.06. The third-order valence-corrected chi connectivity index (χ3v) is 9.97. The summed E-state index contributed by atoms with van der Waals surface area (Å²) < 4.78 is 11.3. The second-order valence-corrected chi connectivity index (χ2v) is 12.9. The Morgan fingerprint density at radius 2 is 0.961 bits per heavy atom. The SMILES string of the molecule is c1ccc(-c2nc(-c3ccccc3)nc(-n3c4cc5c(cc4c4ccc6c7ccccc7oc6c43)c3ccccc3n5-c3ccccc3)n2)cc1. The summed E-state index contributed by atoms with van der Waals surface area (Å²) in [6.45, 7) is 0. The average molecular weight is 654 g/mol. The van der Waals surface area contributed by atoms with E-state index in [1.807, 2.05) is 72.8 Å². The number of furan rings is 1. The van der Waals surface area contributed by atoms with Crippen LogP contribution in [0.4, 0.5) is 0 Å². The fourth-order valence-corrected chi connectivity index (χ4v) is 7.70. The Bertz CT molecular complexity index is 3060. The summed E-state index contributed by atoms with van der Waals surface area (Å²) in [5, 5.41) is 6.66. The number of aromatic nitrogens is 5. The Hall–Kier alpha value is -7.05. The van der Waals surface area contributed by atoms with E-state index in [9.17, 15) is 0 Å². The van der Waals surface area contributed by atoms with Gasteiger partial charge in [-0.25, -0.2) is 4.98 Å². The molecule has 0 unspecified atom stereocenters. The van der Waals surface area contributed by atoms with Crippen molar-refractivity contribution in [2.24, 2.45) is 0 Å². The van der Waals surface area contributed by atoms with E-state index in [-0.39, 0.29) is 0 Å². The number of nitrogens with zero attached hydrogens (tertiary/aromatic N) is 5. The van der Waals surface area contributed by atoms with Crippen molar-refractivity contribution < 1.29 is 4.42 Å². The van der Waals surface area contributed by atoms with Crippen LogP contribution in [0.2, 0.25) is 0 Å². The highest BCUT2D eigenvalue weighted by molar-refractivity contribution is 6.24. The molecule has 6 nitrogen and oxygen atoms in total. The lowest BCUT2D eigenvalue weighted by molar-refractivity contribution is 0.670. The van der Waals surface area contributed by atoms with Crippen molar-refractivity contribution >= 4 is 65.6 Å². The van der Waals surface area contributed by atoms with Crippen LogP contribution in [0.25, 0.3) is 100.0 Å². The molecule has 0 N–H and O–H groups in total. The zero-order valence-corrected chi connectivity index (χ0v) is 27.2. The number of rotatable bonds is 4. The quantitative estimate of drug-likeness (QED) is 0.190. The molecule has 0 saturated heterocycles. The average Bonchev–Trinajstić information content (AvgIpc) is 3.85. The van der Waals surface area contributed by atoms with Crippen molar-refractivity contribution in [2.75, 3.05) is 0 Å². The predicted molar refractivity (Wildman–Crippen MR) is 207 cm³/mol. The molecule has 51 heavy (non-hydrogen) atoms. The summed E-state index contributed by atoms with van der Waals surface area (Å²) in [6.07, 6.45) is 0. The molecule has 0 atom stereocenters. The number of benzene rings is 7. The first-order chi connectivity index (χ1) is 25.3. The van der Waals surface area contributed by atoms with Crippen molar-refractivity contribution in [2.45, 2.75) is 0 Å². The molecule has 4 aromatic heterocycles. The first kappa shape index (κ1) is 27.9. The first-order valence-electron chi connectivity index (χ1n) is 17.0. The van der Waals surface area contributed by atoms with E-state index in [1.54, 1.807) is 0 Å². The maximum absolute atomic E-state index is 6.73. The predicted octanol–water partition coefficient (Wildman–Crippen LogP) is 11.3. The van der Waals surface area contributed by atoms with Crippen LogP contribution in [-0.4, -0.2) is 24.1 Å². The smallest absolute Gasteiger partial charge is 0.238 e. The monoisotopic (exact) mass is 653 g/mol. The van der Waals surface area contributed by atoms with E-state index in [0.717, 1.165) is 71.6 Å². The zero-order chi connectivity index (χ0) is 33.5. The Labute approximate surface area is 291 Å². The molecule has 7 aromatic carbocycles. The van der Waals surface area contributed by atoms with Gasteiger partial charge in [-0.3, -0.25) is 4.57 Å². The van der Waals surface area contributed by atoms with Gasteiger partial charge in [0.1, 0.15) is 11.1 Å². The standard InChI is InChI=1S/C45H27N5O/c1-4-14-28(15-5-1)43-46-44(29-16-6-2-7-17-29)48-45(47-43)50-39-27-38-35(31-20-10-12-22-37(31)49(38)30-18-8-3-9-19-30)26-36(39)33-24-25-34-32-21-11-13-23-40(32)51-42(34)41(33)50/h1-27H. The minimum absolute atomic E-state index is 0.525. The van der Waals surface area contributed by atoms with Gasteiger partial charge < -0.3 is 8.98 Å². The number of hydrogen-bond acceptors (Lipinski definition) is 4. The topological polar surface area (TPSA) is 61.7 Å². The Morgan fingerprint density at radius 1 is 0.392 bits per heavy atom. The molecule has 11 aromatic rings. The van der Waals surface area contributed by atoms with Crippen molar-refractivity contribution in [3.63, 3.8) is 0 Å². The van der Waals surface area contributed by atoms with Gasteiger partial charge in [-0.05, 0) is 42.5 Å². The Kier molecular flexibility index (Phi) is 5.86. The maximum Gasteiger partial charge on any atom is 0.238 e. The van der Waals surface area contributed by atoms with Crippen LogP contribution < -0.4 is 0 Å². The van der Waals surface area contributed by atoms with Gasteiger partial charge in [0.2, 0.25) is 5.95 Å². The molecule has 0 saturated carbocycles. The zero-order valence-electron chi connectivity index (χ0n) is 27.2. The second-order valence-electron chi connectivity index (χ2n) is 12.9. The van der Waals surface area contributed by atoms with Crippen molar-refractivity contribution in [1.82, 2.24) is 24.1 Å². The summed E-state index contributed by atoms with van der Waals surface area (Å²) in [5.41, 5.74) is 8.73. The molecule has 4 heterocycles. The summed E-state index contributed by atoms with van der Waals surface area (Å²) in [7, 11) is 0. The highest BCUT2D eigenvalue weighted by atomic mass is 16.3. The highest BCUT2D eigenvalue weighted by Crippen LogP contribution is 2.43. The molecule has 238 valence electrons. The maximum atomic E-state index is 6.73. The van der Waals surface area contributed by atoms with Gasteiger partial charge in [0, 0.05) is 49.1 Å². The Balaban J connectivity index is 1.33. The van der Waals surface area contributed by atoms with Crippen LogP contribution in [0.1, 0.15) is 0 Å². The number of para-hydroxylation sites is 3. The first-order valence-corrected chi connectivity index (χ1v) is 17.0. The van der Waals surface area contributed by atoms with E-state index >= 15 is 0 Å². The van der Waals surface area contributed by atoms with E-state index < -0.39 is 0 Å². The second kappa shape index (κ2) is 10.7. The van der Waals surface area contributed by atoms with Gasteiger partial charge in [0.15, 0.2) is 17.2 Å². The van der Waals surface area contributed by atoms with Gasteiger partial charge in [-0.15, -0.1) is 0 Å². The van der Waals surface area contributed by atoms with Crippen molar-refractivity contribution in [3.8, 4) is 34.4 Å². The van der Waals surface area contributed by atoms with Crippen molar-refractivity contribution in [1.29, 1.82) is 0 Å². The van der Waals surface area contributed by atoms with Crippen LogP contribution >= 0.6 is 0 Å². The largest absolute Gasteiger partial charge is 0.454 e. The fraction of sp³-hybridized carbons (Fsp3) is 0. The summed E-state index contributed by atoms with van der Waals surface area (Å²) >= 11 is 0. The normalized spacial score (nSPS) is 11.9. The van der Waals surface area contributed by atoms with Crippen LogP contribution in [-0.2, 0) is 0 Å². The molecule has 0 spiro atoms. The van der Waals surface area contributed by atoms with Gasteiger partial charge in [0.25, 0.3) is 0 Å². The molecule has 0 aliphatic rings. The molecule has 0 radical (unpaired) electrons. The van der Waals surface area contributed by atoms with E-state index in [4.69, 9.17) is 19.4 Å². The van der Waals surface area contributed by atoms with Crippen LogP contribution in [0.3, 0.4) is 0 Å². The lowest BCUT2D eigenvalue weighted by Gasteiger charge is -2.11. The van der Waals surface area contributed by atoms with Crippen molar-refractivity contribution in [3.05, 3.63) is 164 Å².